The Balaban J connectivity index is 2.23. The van der Waals surface area contributed by atoms with E-state index in [4.69, 9.17) is 9.52 Å². The van der Waals surface area contributed by atoms with Crippen LogP contribution in [0.5, 0.6) is 0 Å². The van der Waals surface area contributed by atoms with Gasteiger partial charge in [0.1, 0.15) is 5.69 Å². The molecule has 0 aromatic carbocycles. The van der Waals surface area contributed by atoms with Crippen LogP contribution in [0.15, 0.2) is 34.4 Å². The van der Waals surface area contributed by atoms with Crippen LogP contribution in [0.4, 0.5) is 0 Å². The smallest absolute Gasteiger partial charge is 0.356 e. The average Bonchev–Trinajstić information content (AvgIpc) is 2.92. The van der Waals surface area contributed by atoms with E-state index in [1.54, 1.807) is 16.7 Å². The molecule has 0 aliphatic carbocycles. The van der Waals surface area contributed by atoms with E-state index >= 15 is 0 Å². The van der Waals surface area contributed by atoms with Crippen molar-refractivity contribution in [3.05, 3.63) is 35.7 Å². The molecule has 0 amide bonds. The van der Waals surface area contributed by atoms with Gasteiger partial charge in [0.2, 0.25) is 0 Å². The fraction of sp³-hybridized carbons (Fsp3) is 0. The van der Waals surface area contributed by atoms with Crippen LogP contribution in [-0.2, 0) is 0 Å². The number of aromatic carboxylic acids is 1. The first kappa shape index (κ1) is 9.17. The maximum atomic E-state index is 10.8. The first-order valence-electron chi connectivity index (χ1n) is 4.49. The summed E-state index contributed by atoms with van der Waals surface area (Å²) >= 11 is 1.38. The van der Waals surface area contributed by atoms with Crippen molar-refractivity contribution in [3.63, 3.8) is 0 Å². The van der Waals surface area contributed by atoms with E-state index in [0.29, 0.717) is 10.7 Å². The summed E-state index contributed by atoms with van der Waals surface area (Å²) < 4.78 is 6.98. The summed E-state index contributed by atoms with van der Waals surface area (Å²) in [6, 6.07) is 3.61. The number of carboxylic acids is 1. The zero-order chi connectivity index (χ0) is 11.1. The molecule has 3 aromatic heterocycles. The molecule has 3 aromatic rings. The predicted octanol–water partition coefficient (Wildman–Crippen LogP) is 2.35. The number of hydrogen-bond donors (Lipinski definition) is 1. The Hall–Kier alpha value is -2.08. The maximum Gasteiger partial charge on any atom is 0.356 e. The Morgan fingerprint density at radius 3 is 3.12 bits per heavy atom. The summed E-state index contributed by atoms with van der Waals surface area (Å²) in [5.41, 5.74) is 0.852. The molecule has 0 bridgehead atoms. The van der Waals surface area contributed by atoms with Gasteiger partial charge < -0.3 is 9.52 Å². The van der Waals surface area contributed by atoms with Crippen molar-refractivity contribution in [2.24, 2.45) is 0 Å². The highest BCUT2D eigenvalue weighted by Crippen LogP contribution is 2.26. The van der Waals surface area contributed by atoms with Crippen molar-refractivity contribution in [3.8, 4) is 11.5 Å². The van der Waals surface area contributed by atoms with Crippen molar-refractivity contribution in [1.82, 2.24) is 9.38 Å². The van der Waals surface area contributed by atoms with Crippen molar-refractivity contribution >= 4 is 22.3 Å². The van der Waals surface area contributed by atoms with Crippen LogP contribution in [0.1, 0.15) is 10.5 Å². The Morgan fingerprint density at radius 2 is 2.44 bits per heavy atom. The van der Waals surface area contributed by atoms with Gasteiger partial charge in [0, 0.05) is 11.6 Å². The van der Waals surface area contributed by atoms with Crippen LogP contribution in [-0.4, -0.2) is 20.5 Å². The summed E-state index contributed by atoms with van der Waals surface area (Å²) in [4.78, 5) is 15.4. The van der Waals surface area contributed by atoms with E-state index in [1.807, 2.05) is 11.4 Å². The maximum absolute atomic E-state index is 10.8. The molecule has 0 unspecified atom stereocenters. The molecule has 1 N–H and O–H groups in total. The monoisotopic (exact) mass is 234 g/mol. The second-order valence-electron chi connectivity index (χ2n) is 3.18. The average molecular weight is 234 g/mol. The standard InChI is InChI=1S/C10H6N2O3S/c13-9(14)6-4-12-7(5-16-10(12)11-6)8-2-1-3-15-8/h1-5H,(H,13,14). The number of carbonyl (C=O) groups is 1. The van der Waals surface area contributed by atoms with Gasteiger partial charge in [0.25, 0.3) is 0 Å². The third-order valence-electron chi connectivity index (χ3n) is 2.20. The van der Waals surface area contributed by atoms with Gasteiger partial charge in [-0.3, -0.25) is 4.40 Å². The topological polar surface area (TPSA) is 67.7 Å². The first-order valence-corrected chi connectivity index (χ1v) is 5.37. The van der Waals surface area contributed by atoms with Crippen LogP contribution in [0.3, 0.4) is 0 Å². The molecular weight excluding hydrogens is 228 g/mol. The molecule has 0 atom stereocenters. The van der Waals surface area contributed by atoms with Gasteiger partial charge in [-0.05, 0) is 12.1 Å². The van der Waals surface area contributed by atoms with E-state index < -0.39 is 5.97 Å². The second kappa shape index (κ2) is 3.21. The molecular formula is C10H6N2O3S. The normalized spacial score (nSPS) is 11.0. The van der Waals surface area contributed by atoms with E-state index in [9.17, 15) is 4.79 Å². The van der Waals surface area contributed by atoms with Gasteiger partial charge in [-0.15, -0.1) is 11.3 Å². The number of furan rings is 1. The van der Waals surface area contributed by atoms with Crippen LogP contribution < -0.4 is 0 Å². The van der Waals surface area contributed by atoms with Crippen LogP contribution in [0.2, 0.25) is 0 Å². The lowest BCUT2D eigenvalue weighted by Crippen LogP contribution is -1.95. The molecule has 6 heteroatoms. The highest BCUT2D eigenvalue weighted by atomic mass is 32.1. The molecule has 0 radical (unpaired) electrons. The van der Waals surface area contributed by atoms with Gasteiger partial charge in [-0.25, -0.2) is 9.78 Å². The van der Waals surface area contributed by atoms with Gasteiger partial charge in [-0.2, -0.15) is 0 Å². The Labute approximate surface area is 93.6 Å². The van der Waals surface area contributed by atoms with E-state index in [1.165, 1.54) is 17.5 Å². The van der Waals surface area contributed by atoms with Crippen molar-refractivity contribution in [1.29, 1.82) is 0 Å². The highest BCUT2D eigenvalue weighted by Gasteiger charge is 2.14. The van der Waals surface area contributed by atoms with E-state index in [0.717, 1.165) is 5.69 Å². The van der Waals surface area contributed by atoms with Crippen LogP contribution in [0, 0.1) is 0 Å². The number of hydrogen-bond acceptors (Lipinski definition) is 4. The van der Waals surface area contributed by atoms with Gasteiger partial charge in [0.05, 0.1) is 6.26 Å². The van der Waals surface area contributed by atoms with E-state index in [2.05, 4.69) is 4.98 Å². The Bertz CT molecular complexity index is 651. The number of rotatable bonds is 2. The number of nitrogens with zero attached hydrogens (tertiary/aromatic N) is 2. The number of carboxylic acid groups (broad SMARTS) is 1. The number of fused-ring (bicyclic) bond motifs is 1. The summed E-state index contributed by atoms with van der Waals surface area (Å²) in [5, 5.41) is 10.7. The van der Waals surface area contributed by atoms with Gasteiger partial charge in [-0.1, -0.05) is 0 Å². The molecule has 16 heavy (non-hydrogen) atoms. The fourth-order valence-corrected chi connectivity index (χ4v) is 2.35. The number of imidazole rings is 1. The summed E-state index contributed by atoms with van der Waals surface area (Å²) in [6.07, 6.45) is 3.07. The summed E-state index contributed by atoms with van der Waals surface area (Å²) in [7, 11) is 0. The minimum Gasteiger partial charge on any atom is -0.476 e. The quantitative estimate of drug-likeness (QED) is 0.739. The minimum absolute atomic E-state index is 0.0413. The van der Waals surface area contributed by atoms with Crippen molar-refractivity contribution in [2.75, 3.05) is 0 Å². The molecule has 80 valence electrons. The molecule has 0 aliphatic heterocycles. The second-order valence-corrected chi connectivity index (χ2v) is 4.02. The Morgan fingerprint density at radius 1 is 1.56 bits per heavy atom. The van der Waals surface area contributed by atoms with Crippen LogP contribution in [0.25, 0.3) is 16.4 Å². The molecule has 0 saturated heterocycles. The zero-order valence-electron chi connectivity index (χ0n) is 7.95. The molecule has 0 saturated carbocycles. The third-order valence-corrected chi connectivity index (χ3v) is 3.04. The largest absolute Gasteiger partial charge is 0.476 e. The lowest BCUT2D eigenvalue weighted by atomic mass is 10.3. The number of aromatic nitrogens is 2. The lowest BCUT2D eigenvalue weighted by molar-refractivity contribution is 0.0691. The molecule has 0 fully saturated rings. The highest BCUT2D eigenvalue weighted by molar-refractivity contribution is 7.15. The Kier molecular flexibility index (Phi) is 1.84. The van der Waals surface area contributed by atoms with Crippen LogP contribution >= 0.6 is 11.3 Å². The molecule has 3 heterocycles. The SMILES string of the molecule is O=C(O)c1cn2c(-c3ccco3)csc2n1. The first-order chi connectivity index (χ1) is 7.75. The molecule has 3 rings (SSSR count). The molecule has 0 aliphatic rings. The van der Waals surface area contributed by atoms with Gasteiger partial charge in [0.15, 0.2) is 16.4 Å². The van der Waals surface area contributed by atoms with Gasteiger partial charge >= 0.3 is 5.97 Å². The fourth-order valence-electron chi connectivity index (χ4n) is 1.49. The molecule has 5 nitrogen and oxygen atoms in total. The predicted molar refractivity (Wildman–Crippen MR) is 57.7 cm³/mol. The van der Waals surface area contributed by atoms with Crippen molar-refractivity contribution in [2.45, 2.75) is 0 Å². The third kappa shape index (κ3) is 1.24. The van der Waals surface area contributed by atoms with E-state index in [-0.39, 0.29) is 5.69 Å². The van der Waals surface area contributed by atoms with Crippen molar-refractivity contribution < 1.29 is 14.3 Å². The molecule has 0 spiro atoms. The number of thiazole rings is 1. The summed E-state index contributed by atoms with van der Waals surface area (Å²) in [6.45, 7) is 0. The zero-order valence-corrected chi connectivity index (χ0v) is 8.77. The minimum atomic E-state index is -1.03. The summed E-state index contributed by atoms with van der Waals surface area (Å²) in [5.74, 6) is -0.332. The lowest BCUT2D eigenvalue weighted by Gasteiger charge is -1.92.